The van der Waals surface area contributed by atoms with Gasteiger partial charge in [0.25, 0.3) is 0 Å². The molecule has 0 bridgehead atoms. The van der Waals surface area contributed by atoms with Crippen LogP contribution in [0.2, 0.25) is 0 Å². The summed E-state index contributed by atoms with van der Waals surface area (Å²) in [5.41, 5.74) is 0. The maximum atomic E-state index is 2.99. The molecule has 0 spiro atoms. The molecule has 1 heteroatoms. The van der Waals surface area contributed by atoms with E-state index in [4.69, 9.17) is 0 Å². The minimum atomic E-state index is 0. The van der Waals surface area contributed by atoms with Crippen LogP contribution in [0.25, 0.3) is 21.5 Å². The fraction of sp³-hybridized carbons (Fsp3) is 0.143. The van der Waals surface area contributed by atoms with E-state index in [2.05, 4.69) is 80.6 Å². The molecule has 1 aliphatic rings. The molecular weight excluding hydrogens is 343 g/mol. The van der Waals surface area contributed by atoms with Gasteiger partial charge in [0.2, 0.25) is 0 Å². The van der Waals surface area contributed by atoms with Crippen molar-refractivity contribution < 1.29 is 27.1 Å². The molecule has 0 saturated heterocycles. The SMILES string of the molecule is C[C](C)=[Zr+2].[C-]1=CC=CC1.[H-].[H-].c1ccc2c(c1)[cH-]c1ccccc12. The number of hydrogen-bond acceptors (Lipinski definition) is 0. The Morgan fingerprint density at radius 3 is 1.86 bits per heavy atom. The summed E-state index contributed by atoms with van der Waals surface area (Å²) in [4.78, 5) is 0. The van der Waals surface area contributed by atoms with Crippen LogP contribution in [-0.4, -0.2) is 3.21 Å². The fourth-order valence-corrected chi connectivity index (χ4v) is 2.24. The van der Waals surface area contributed by atoms with E-state index in [1.165, 1.54) is 24.8 Å². The van der Waals surface area contributed by atoms with E-state index in [1.807, 2.05) is 12.2 Å². The van der Waals surface area contributed by atoms with Gasteiger partial charge in [-0.3, -0.25) is 6.08 Å². The van der Waals surface area contributed by atoms with Crippen LogP contribution in [-0.2, 0) is 24.2 Å². The van der Waals surface area contributed by atoms with E-state index in [9.17, 15) is 0 Å². The average Bonchev–Trinajstić information content (AvgIpc) is 3.18. The normalized spacial score (nSPS) is 11.8. The van der Waals surface area contributed by atoms with Crippen molar-refractivity contribution in [1.82, 2.24) is 0 Å². The molecule has 22 heavy (non-hydrogen) atoms. The second-order valence-corrected chi connectivity index (χ2v) is 7.78. The minimum absolute atomic E-state index is 0. The van der Waals surface area contributed by atoms with Gasteiger partial charge in [-0.05, 0) is 0 Å². The minimum Gasteiger partial charge on any atom is -1.00 e. The zero-order valence-corrected chi connectivity index (χ0v) is 15.6. The third-order valence-electron chi connectivity index (χ3n) is 3.11. The first-order chi connectivity index (χ1) is 10.7. The van der Waals surface area contributed by atoms with Crippen molar-refractivity contribution in [2.45, 2.75) is 20.3 Å². The zero-order valence-electron chi connectivity index (χ0n) is 15.1. The van der Waals surface area contributed by atoms with Crippen molar-refractivity contribution in [3.8, 4) is 0 Å². The molecule has 0 radical (unpaired) electrons. The molecule has 0 fully saturated rings. The Morgan fingerprint density at radius 2 is 1.50 bits per heavy atom. The van der Waals surface area contributed by atoms with Crippen LogP contribution in [0, 0.1) is 6.08 Å². The molecule has 0 aromatic heterocycles. The Kier molecular flexibility index (Phi) is 6.81. The molecular formula is C21H22Zr-2. The third-order valence-corrected chi connectivity index (χ3v) is 3.11. The third kappa shape index (κ3) is 5.07. The second-order valence-electron chi connectivity index (χ2n) is 5.32. The monoisotopic (exact) mass is 364 g/mol. The summed E-state index contributed by atoms with van der Waals surface area (Å²) in [5, 5.41) is 5.39. The Morgan fingerprint density at radius 1 is 1.00 bits per heavy atom. The summed E-state index contributed by atoms with van der Waals surface area (Å²) in [7, 11) is 0. The van der Waals surface area contributed by atoms with Crippen LogP contribution in [0.5, 0.6) is 0 Å². The summed E-state index contributed by atoms with van der Waals surface area (Å²) in [6.07, 6.45) is 10.0. The van der Waals surface area contributed by atoms with Gasteiger partial charge in [-0.15, -0.1) is 46.2 Å². The van der Waals surface area contributed by atoms with Crippen LogP contribution < -0.4 is 0 Å². The molecule has 3 aromatic carbocycles. The topological polar surface area (TPSA) is 0 Å². The second kappa shape index (κ2) is 8.86. The molecule has 4 rings (SSSR count). The predicted octanol–water partition coefficient (Wildman–Crippen LogP) is 5.99. The number of allylic oxidation sites excluding steroid dienone is 4. The molecule has 0 N–H and O–H groups in total. The Hall–Kier alpha value is -1.46. The van der Waals surface area contributed by atoms with Gasteiger partial charge in [-0.1, -0.05) is 36.4 Å². The molecule has 0 atom stereocenters. The Labute approximate surface area is 150 Å². The van der Waals surface area contributed by atoms with Crippen molar-refractivity contribution in [3.05, 3.63) is 78.9 Å². The molecule has 0 nitrogen and oxygen atoms in total. The summed E-state index contributed by atoms with van der Waals surface area (Å²) in [6, 6.07) is 19.3. The summed E-state index contributed by atoms with van der Waals surface area (Å²) in [5.74, 6) is 0. The smallest absolute Gasteiger partial charge is 0.0771 e. The van der Waals surface area contributed by atoms with Gasteiger partial charge >= 0.3 is 41.3 Å². The first-order valence-electron chi connectivity index (χ1n) is 7.45. The number of hydrogen-bond donors (Lipinski definition) is 0. The van der Waals surface area contributed by atoms with Crippen molar-refractivity contribution in [2.75, 3.05) is 0 Å². The number of benzene rings is 2. The van der Waals surface area contributed by atoms with Crippen molar-refractivity contribution in [2.24, 2.45) is 0 Å². The molecule has 1 aliphatic carbocycles. The van der Waals surface area contributed by atoms with E-state index in [1.54, 1.807) is 24.2 Å². The number of fused-ring (bicyclic) bond motifs is 3. The van der Waals surface area contributed by atoms with Gasteiger partial charge < -0.3 is 2.85 Å². The molecule has 0 saturated carbocycles. The first kappa shape index (κ1) is 16.9. The Balaban J connectivity index is 0.000000409. The first-order valence-corrected chi connectivity index (χ1v) is 8.68. The van der Waals surface area contributed by atoms with Gasteiger partial charge in [-0.25, -0.2) is 12.2 Å². The van der Waals surface area contributed by atoms with Crippen molar-refractivity contribution in [3.63, 3.8) is 0 Å². The van der Waals surface area contributed by atoms with Crippen LogP contribution in [0.4, 0.5) is 0 Å². The summed E-state index contributed by atoms with van der Waals surface area (Å²) < 4.78 is 1.51. The maximum absolute atomic E-state index is 2.99. The molecule has 0 unspecified atom stereocenters. The van der Waals surface area contributed by atoms with Crippen LogP contribution in [0.15, 0.2) is 72.8 Å². The van der Waals surface area contributed by atoms with Gasteiger partial charge in [0.1, 0.15) is 0 Å². The average molecular weight is 366 g/mol. The van der Waals surface area contributed by atoms with E-state index in [0.717, 1.165) is 6.42 Å². The molecule has 3 aromatic rings. The maximum Gasteiger partial charge on any atom is -0.0771 e. The van der Waals surface area contributed by atoms with Crippen LogP contribution >= 0.6 is 0 Å². The van der Waals surface area contributed by atoms with Gasteiger partial charge in [0, 0.05) is 0 Å². The number of rotatable bonds is 0. The van der Waals surface area contributed by atoms with Crippen molar-refractivity contribution in [1.29, 1.82) is 0 Å². The van der Waals surface area contributed by atoms with Crippen molar-refractivity contribution >= 4 is 24.8 Å². The molecule has 0 aliphatic heterocycles. The fourth-order valence-electron chi connectivity index (χ4n) is 2.24. The molecule has 0 amide bonds. The van der Waals surface area contributed by atoms with Crippen LogP contribution in [0.1, 0.15) is 23.1 Å². The molecule has 112 valence electrons. The van der Waals surface area contributed by atoms with Gasteiger partial charge in [-0.2, -0.15) is 6.08 Å². The van der Waals surface area contributed by atoms with E-state index >= 15 is 0 Å². The quantitative estimate of drug-likeness (QED) is 0.429. The van der Waals surface area contributed by atoms with E-state index in [0.29, 0.717) is 0 Å². The Bertz CT molecular complexity index is 748. The van der Waals surface area contributed by atoms with E-state index in [-0.39, 0.29) is 2.85 Å². The largest absolute Gasteiger partial charge is 1.00 e. The zero-order chi connectivity index (χ0) is 15.8. The van der Waals surface area contributed by atoms with E-state index < -0.39 is 0 Å². The standard InChI is InChI=1S/C13H9.C5H5.C3H6.Zr.2H/c1-3-7-12-10(5-1)9-11-6-2-4-8-13(11)12;1-2-4-5-3-1;1-3-2;;;/h1-9H;1-3H,4H2;1-2H3;;;/q2*-1;;+2;2*-1. The van der Waals surface area contributed by atoms with Gasteiger partial charge in [0.05, 0.1) is 0 Å². The molecule has 0 heterocycles. The predicted molar refractivity (Wildman–Crippen MR) is 97.2 cm³/mol. The van der Waals surface area contributed by atoms with Crippen LogP contribution in [0.3, 0.4) is 0 Å². The summed E-state index contributed by atoms with van der Waals surface area (Å²) >= 11 is 1.55. The summed E-state index contributed by atoms with van der Waals surface area (Å²) in [6.45, 7) is 4.25. The van der Waals surface area contributed by atoms with Gasteiger partial charge in [0.15, 0.2) is 0 Å².